The molecule has 2 N–H and O–H groups in total. The topological polar surface area (TPSA) is 58.6 Å². The first-order valence-electron chi connectivity index (χ1n) is 6.57. The fraction of sp³-hybridized carbons (Fsp3) is 0.533. The van der Waals surface area contributed by atoms with E-state index >= 15 is 0 Å². The summed E-state index contributed by atoms with van der Waals surface area (Å²) in [5.74, 6) is 0. The zero-order valence-electron chi connectivity index (χ0n) is 12.8. The molecule has 0 aromatic heterocycles. The van der Waals surface area contributed by atoms with Crippen molar-refractivity contribution in [2.75, 3.05) is 0 Å². The zero-order valence-corrected chi connectivity index (χ0v) is 14.3. The van der Waals surface area contributed by atoms with Crippen LogP contribution in [0.15, 0.2) is 18.2 Å². The SMILES string of the molecule is CC(C)(C)OC(=O)NC(C)(C)C(O)c1cccc(Cl)c1Cl. The average molecular weight is 334 g/mol. The fourth-order valence-electron chi connectivity index (χ4n) is 1.76. The van der Waals surface area contributed by atoms with Gasteiger partial charge in [-0.05, 0) is 40.7 Å². The molecule has 1 rings (SSSR count). The third kappa shape index (κ3) is 5.06. The largest absolute Gasteiger partial charge is 0.444 e. The minimum absolute atomic E-state index is 0.269. The van der Waals surface area contributed by atoms with Crippen LogP contribution in [-0.4, -0.2) is 22.3 Å². The molecule has 1 atom stereocenters. The smallest absolute Gasteiger partial charge is 0.408 e. The molecule has 1 aromatic carbocycles. The van der Waals surface area contributed by atoms with Crippen LogP contribution in [0.4, 0.5) is 4.79 Å². The Morgan fingerprint density at radius 2 is 1.81 bits per heavy atom. The van der Waals surface area contributed by atoms with Crippen LogP contribution < -0.4 is 5.32 Å². The van der Waals surface area contributed by atoms with Crippen molar-refractivity contribution in [3.05, 3.63) is 33.8 Å². The molecule has 21 heavy (non-hydrogen) atoms. The van der Waals surface area contributed by atoms with E-state index in [0.29, 0.717) is 10.6 Å². The van der Waals surface area contributed by atoms with Gasteiger partial charge in [0, 0.05) is 5.56 Å². The first kappa shape index (κ1) is 18.1. The van der Waals surface area contributed by atoms with E-state index in [2.05, 4.69) is 5.32 Å². The number of amides is 1. The highest BCUT2D eigenvalue weighted by atomic mass is 35.5. The van der Waals surface area contributed by atoms with Crippen molar-refractivity contribution in [2.45, 2.75) is 51.9 Å². The maximum absolute atomic E-state index is 11.9. The van der Waals surface area contributed by atoms with Crippen molar-refractivity contribution >= 4 is 29.3 Å². The van der Waals surface area contributed by atoms with Gasteiger partial charge in [-0.3, -0.25) is 0 Å². The summed E-state index contributed by atoms with van der Waals surface area (Å²) in [7, 11) is 0. The van der Waals surface area contributed by atoms with Gasteiger partial charge in [0.1, 0.15) is 11.7 Å². The van der Waals surface area contributed by atoms with Crippen LogP contribution in [0.3, 0.4) is 0 Å². The second kappa shape index (κ2) is 6.42. The van der Waals surface area contributed by atoms with Gasteiger partial charge in [0.2, 0.25) is 0 Å². The van der Waals surface area contributed by atoms with Crippen molar-refractivity contribution in [3.8, 4) is 0 Å². The summed E-state index contributed by atoms with van der Waals surface area (Å²) in [6.07, 6.45) is -1.64. The molecule has 0 saturated heterocycles. The molecule has 0 heterocycles. The Kier molecular flexibility index (Phi) is 5.53. The third-order valence-electron chi connectivity index (χ3n) is 2.78. The Bertz CT molecular complexity index is 524. The van der Waals surface area contributed by atoms with Crippen molar-refractivity contribution in [2.24, 2.45) is 0 Å². The summed E-state index contributed by atoms with van der Waals surface area (Å²) in [4.78, 5) is 11.9. The maximum Gasteiger partial charge on any atom is 0.408 e. The van der Waals surface area contributed by atoms with Crippen molar-refractivity contribution in [3.63, 3.8) is 0 Å². The van der Waals surface area contributed by atoms with E-state index in [1.807, 2.05) is 0 Å². The lowest BCUT2D eigenvalue weighted by atomic mass is 9.91. The van der Waals surface area contributed by atoms with Crippen LogP contribution in [0.2, 0.25) is 10.0 Å². The normalized spacial score (nSPS) is 13.7. The molecule has 1 amide bonds. The van der Waals surface area contributed by atoms with E-state index in [0.717, 1.165) is 0 Å². The molecule has 6 heteroatoms. The van der Waals surface area contributed by atoms with Crippen molar-refractivity contribution in [1.82, 2.24) is 5.32 Å². The molecule has 0 aliphatic heterocycles. The lowest BCUT2D eigenvalue weighted by Gasteiger charge is -2.33. The number of aliphatic hydroxyl groups excluding tert-OH is 1. The first-order valence-corrected chi connectivity index (χ1v) is 7.33. The summed E-state index contributed by atoms with van der Waals surface area (Å²) in [5.41, 5.74) is -1.14. The summed E-state index contributed by atoms with van der Waals surface area (Å²) < 4.78 is 5.19. The molecule has 0 radical (unpaired) electrons. The Morgan fingerprint density at radius 1 is 1.24 bits per heavy atom. The molecule has 118 valence electrons. The number of halogens is 2. The molecule has 0 fully saturated rings. The second-order valence-electron chi connectivity index (χ2n) is 6.39. The molecule has 1 aromatic rings. The summed E-state index contributed by atoms with van der Waals surface area (Å²) >= 11 is 12.0. The quantitative estimate of drug-likeness (QED) is 0.865. The van der Waals surface area contributed by atoms with Crippen LogP contribution in [0.1, 0.15) is 46.3 Å². The van der Waals surface area contributed by atoms with Gasteiger partial charge in [0.15, 0.2) is 0 Å². The predicted molar refractivity (Wildman–Crippen MR) is 84.9 cm³/mol. The minimum atomic E-state index is -1.03. The number of benzene rings is 1. The van der Waals surface area contributed by atoms with Crippen LogP contribution in [0.25, 0.3) is 0 Å². The lowest BCUT2D eigenvalue weighted by molar-refractivity contribution is 0.0291. The molecule has 1 unspecified atom stereocenters. The summed E-state index contributed by atoms with van der Waals surface area (Å²) in [5, 5.41) is 13.7. The lowest BCUT2D eigenvalue weighted by Crippen LogP contribution is -2.49. The number of carbonyl (C=O) groups is 1. The molecule has 0 aliphatic carbocycles. The zero-order chi connectivity index (χ0) is 16.4. The number of carbonyl (C=O) groups excluding carboxylic acids is 1. The fourth-order valence-corrected chi connectivity index (χ4v) is 2.17. The Labute approximate surface area is 135 Å². The summed E-state index contributed by atoms with van der Waals surface area (Å²) in [6.45, 7) is 8.66. The first-order chi connectivity index (χ1) is 9.44. The van der Waals surface area contributed by atoms with Crippen LogP contribution in [-0.2, 0) is 4.74 Å². The van der Waals surface area contributed by atoms with E-state index in [1.165, 1.54) is 0 Å². The Morgan fingerprint density at radius 3 is 2.33 bits per heavy atom. The van der Waals surface area contributed by atoms with Gasteiger partial charge in [0.05, 0.1) is 15.6 Å². The van der Waals surface area contributed by atoms with Crippen molar-refractivity contribution in [1.29, 1.82) is 0 Å². The second-order valence-corrected chi connectivity index (χ2v) is 7.18. The van der Waals surface area contributed by atoms with Gasteiger partial charge < -0.3 is 15.2 Å². The highest BCUT2D eigenvalue weighted by molar-refractivity contribution is 6.42. The number of hydrogen-bond donors (Lipinski definition) is 2. The number of rotatable bonds is 3. The number of ether oxygens (including phenoxy) is 1. The predicted octanol–water partition coefficient (Wildman–Crippen LogP) is 4.33. The number of aliphatic hydroxyl groups is 1. The summed E-state index contributed by atoms with van der Waals surface area (Å²) in [6, 6.07) is 4.99. The van der Waals surface area contributed by atoms with E-state index in [9.17, 15) is 9.90 Å². The average Bonchev–Trinajstić information content (AvgIpc) is 2.28. The van der Waals surface area contributed by atoms with Crippen LogP contribution in [0.5, 0.6) is 0 Å². The van der Waals surface area contributed by atoms with Gasteiger partial charge in [-0.1, -0.05) is 35.3 Å². The van der Waals surface area contributed by atoms with Gasteiger partial charge in [-0.15, -0.1) is 0 Å². The maximum atomic E-state index is 11.9. The monoisotopic (exact) mass is 333 g/mol. The Hall–Kier alpha value is -0.970. The molecule has 0 aliphatic rings. The van der Waals surface area contributed by atoms with Gasteiger partial charge in [0.25, 0.3) is 0 Å². The van der Waals surface area contributed by atoms with Crippen LogP contribution in [0, 0.1) is 0 Å². The molecular formula is C15H21Cl2NO3. The standard InChI is InChI=1S/C15H21Cl2NO3/c1-14(2,3)21-13(20)18-15(4,5)12(19)9-7-6-8-10(16)11(9)17/h6-8,12,19H,1-5H3,(H,18,20). The van der Waals surface area contributed by atoms with E-state index in [-0.39, 0.29) is 5.02 Å². The minimum Gasteiger partial charge on any atom is -0.444 e. The van der Waals surface area contributed by atoms with Gasteiger partial charge >= 0.3 is 6.09 Å². The highest BCUT2D eigenvalue weighted by Crippen LogP contribution is 2.34. The van der Waals surface area contributed by atoms with Crippen molar-refractivity contribution < 1.29 is 14.6 Å². The van der Waals surface area contributed by atoms with Gasteiger partial charge in [-0.2, -0.15) is 0 Å². The van der Waals surface area contributed by atoms with E-state index < -0.39 is 23.3 Å². The highest BCUT2D eigenvalue weighted by Gasteiger charge is 2.34. The molecule has 0 bridgehead atoms. The van der Waals surface area contributed by atoms with Gasteiger partial charge in [-0.25, -0.2) is 4.79 Å². The van der Waals surface area contributed by atoms with E-state index in [1.54, 1.807) is 52.8 Å². The molecule has 0 saturated carbocycles. The third-order valence-corrected chi connectivity index (χ3v) is 3.62. The van der Waals surface area contributed by atoms with Crippen LogP contribution >= 0.6 is 23.2 Å². The molecular weight excluding hydrogens is 313 g/mol. The number of alkyl carbamates (subject to hydrolysis) is 1. The molecule has 4 nitrogen and oxygen atoms in total. The number of hydrogen-bond acceptors (Lipinski definition) is 3. The van der Waals surface area contributed by atoms with E-state index in [4.69, 9.17) is 27.9 Å². The Balaban J connectivity index is 2.91. The number of nitrogens with one attached hydrogen (secondary N) is 1. The molecule has 0 spiro atoms.